The summed E-state index contributed by atoms with van der Waals surface area (Å²) in [6.45, 7) is 4.98. The van der Waals surface area contributed by atoms with Crippen molar-refractivity contribution < 1.29 is 9.53 Å². The molecule has 0 atom stereocenters. The van der Waals surface area contributed by atoms with Gasteiger partial charge in [0.05, 0.1) is 19.9 Å². The van der Waals surface area contributed by atoms with E-state index >= 15 is 0 Å². The summed E-state index contributed by atoms with van der Waals surface area (Å²) < 4.78 is 7.56. The van der Waals surface area contributed by atoms with Gasteiger partial charge in [0.15, 0.2) is 5.82 Å². The van der Waals surface area contributed by atoms with Gasteiger partial charge in [-0.05, 0) is 30.9 Å². The van der Waals surface area contributed by atoms with Crippen LogP contribution in [-0.2, 0) is 6.54 Å². The van der Waals surface area contributed by atoms with Gasteiger partial charge in [-0.1, -0.05) is 25.3 Å². The summed E-state index contributed by atoms with van der Waals surface area (Å²) in [6.07, 6.45) is 8.12. The Balaban J connectivity index is 1.22. The quantitative estimate of drug-likeness (QED) is 0.462. The van der Waals surface area contributed by atoms with Crippen LogP contribution in [0, 0.1) is 11.3 Å². The molecule has 36 heavy (non-hydrogen) atoms. The summed E-state index contributed by atoms with van der Waals surface area (Å²) in [7, 11) is 1.63. The van der Waals surface area contributed by atoms with E-state index in [4.69, 9.17) is 10.5 Å². The lowest BCUT2D eigenvalue weighted by molar-refractivity contribution is -0.0248. The van der Waals surface area contributed by atoms with Crippen molar-refractivity contribution in [2.24, 2.45) is 11.3 Å². The number of aromatic nitrogens is 4. The number of nitrogens with zero attached hydrogens (tertiary/aromatic N) is 5. The van der Waals surface area contributed by atoms with Gasteiger partial charge in [-0.25, -0.2) is 4.98 Å². The van der Waals surface area contributed by atoms with Gasteiger partial charge >= 0.3 is 0 Å². The van der Waals surface area contributed by atoms with Crippen LogP contribution in [0.2, 0.25) is 0 Å². The number of carbonyl (C=O) groups is 1. The Bertz CT molecular complexity index is 1270. The molecule has 2 aliphatic heterocycles. The van der Waals surface area contributed by atoms with Gasteiger partial charge in [0.2, 0.25) is 5.95 Å². The van der Waals surface area contributed by atoms with Gasteiger partial charge in [-0.2, -0.15) is 10.1 Å². The van der Waals surface area contributed by atoms with E-state index in [0.717, 1.165) is 43.8 Å². The lowest BCUT2D eigenvalue weighted by Crippen LogP contribution is -2.71. The van der Waals surface area contributed by atoms with Crippen molar-refractivity contribution in [1.29, 1.82) is 0 Å². The predicted molar refractivity (Wildman–Crippen MR) is 138 cm³/mol. The first kappa shape index (κ1) is 23.0. The molecule has 3 aliphatic rings. The highest BCUT2D eigenvalue weighted by Gasteiger charge is 2.49. The highest BCUT2D eigenvalue weighted by Crippen LogP contribution is 2.35. The Kier molecular flexibility index (Phi) is 5.91. The van der Waals surface area contributed by atoms with Crippen molar-refractivity contribution in [3.8, 4) is 5.75 Å². The molecule has 10 nitrogen and oxygen atoms in total. The fourth-order valence-corrected chi connectivity index (χ4v) is 5.85. The average molecular weight is 491 g/mol. The maximum atomic E-state index is 13.0. The van der Waals surface area contributed by atoms with Crippen molar-refractivity contribution in [2.75, 3.05) is 50.9 Å². The molecule has 10 heteroatoms. The number of hydrogen-bond acceptors (Lipinski definition) is 8. The Morgan fingerprint density at radius 3 is 2.75 bits per heavy atom. The molecule has 2 saturated heterocycles. The first-order chi connectivity index (χ1) is 17.5. The molecule has 190 valence electrons. The lowest BCUT2D eigenvalue weighted by atomic mass is 9.74. The first-order valence-electron chi connectivity index (χ1n) is 12.9. The van der Waals surface area contributed by atoms with E-state index in [0.29, 0.717) is 40.5 Å². The minimum absolute atomic E-state index is 0.0555. The minimum Gasteiger partial charge on any atom is -0.496 e. The maximum Gasteiger partial charge on any atom is 0.254 e. The first-order valence-corrected chi connectivity index (χ1v) is 12.9. The zero-order valence-corrected chi connectivity index (χ0v) is 20.8. The second kappa shape index (κ2) is 9.24. The SMILES string of the molecule is COc1cc(C(=O)N2CC3(CNC3)C2)ccc1Cn1ncc2nc(N)nc(NCC3CCCCC3)c21. The third-order valence-electron chi connectivity index (χ3n) is 7.98. The molecule has 0 radical (unpaired) electrons. The zero-order valence-electron chi connectivity index (χ0n) is 20.8. The van der Waals surface area contributed by atoms with Crippen LogP contribution in [-0.4, -0.2) is 70.4 Å². The van der Waals surface area contributed by atoms with Crippen LogP contribution in [0.3, 0.4) is 0 Å². The zero-order chi connectivity index (χ0) is 24.7. The van der Waals surface area contributed by atoms with Crippen molar-refractivity contribution in [3.05, 3.63) is 35.5 Å². The van der Waals surface area contributed by atoms with Gasteiger partial charge in [0, 0.05) is 49.3 Å². The number of nitrogens with two attached hydrogens (primary N) is 1. The Morgan fingerprint density at radius 2 is 2.03 bits per heavy atom. The predicted octanol–water partition coefficient (Wildman–Crippen LogP) is 2.50. The van der Waals surface area contributed by atoms with Crippen molar-refractivity contribution >= 4 is 28.7 Å². The number of nitrogens with one attached hydrogen (secondary N) is 2. The second-order valence-corrected chi connectivity index (χ2v) is 10.6. The van der Waals surface area contributed by atoms with Crippen LogP contribution in [0.4, 0.5) is 11.8 Å². The smallest absolute Gasteiger partial charge is 0.254 e. The van der Waals surface area contributed by atoms with Crippen LogP contribution >= 0.6 is 0 Å². The summed E-state index contributed by atoms with van der Waals surface area (Å²) >= 11 is 0. The van der Waals surface area contributed by atoms with Crippen molar-refractivity contribution in [2.45, 2.75) is 38.6 Å². The molecule has 1 saturated carbocycles. The molecule has 4 N–H and O–H groups in total. The van der Waals surface area contributed by atoms with Crippen molar-refractivity contribution in [3.63, 3.8) is 0 Å². The van der Waals surface area contributed by atoms with Gasteiger partial charge in [0.1, 0.15) is 16.8 Å². The number of amides is 1. The largest absolute Gasteiger partial charge is 0.496 e. The number of fused-ring (bicyclic) bond motifs is 1. The summed E-state index contributed by atoms with van der Waals surface area (Å²) in [5.41, 5.74) is 9.40. The molecule has 3 aromatic rings. The number of ether oxygens (including phenoxy) is 1. The average Bonchev–Trinajstić information content (AvgIpc) is 3.24. The number of nitrogen functional groups attached to an aromatic ring is 1. The molecule has 1 amide bonds. The Labute approximate surface area is 210 Å². The number of likely N-dealkylation sites (tertiary alicyclic amines) is 1. The lowest BCUT2D eigenvalue weighted by Gasteiger charge is -2.56. The third kappa shape index (κ3) is 4.23. The topological polar surface area (TPSA) is 123 Å². The number of hydrogen-bond donors (Lipinski definition) is 3. The normalized spacial score (nSPS) is 19.2. The van der Waals surface area contributed by atoms with Gasteiger partial charge in [0.25, 0.3) is 5.91 Å². The van der Waals surface area contributed by atoms with Gasteiger partial charge in [-0.15, -0.1) is 0 Å². The molecule has 0 bridgehead atoms. The second-order valence-electron chi connectivity index (χ2n) is 10.6. The molecule has 1 aliphatic carbocycles. The molecule has 1 spiro atoms. The van der Waals surface area contributed by atoms with Gasteiger partial charge < -0.3 is 26.0 Å². The van der Waals surface area contributed by atoms with E-state index in [9.17, 15) is 4.79 Å². The number of methoxy groups -OCH3 is 1. The summed E-state index contributed by atoms with van der Waals surface area (Å²) in [4.78, 5) is 23.8. The van der Waals surface area contributed by atoms with E-state index in [-0.39, 0.29) is 11.9 Å². The number of carbonyl (C=O) groups excluding carboxylic acids is 1. The van der Waals surface area contributed by atoms with E-state index in [1.165, 1.54) is 32.1 Å². The molecule has 3 fully saturated rings. The van der Waals surface area contributed by atoms with Crippen LogP contribution in [0.5, 0.6) is 5.75 Å². The van der Waals surface area contributed by atoms with Crippen LogP contribution in [0.25, 0.3) is 11.0 Å². The molecule has 0 unspecified atom stereocenters. The standard InChI is InChI=1S/C26H34N8O2/c1-36-21-9-18(24(35)33-15-26(16-33)13-28-14-26)7-8-19(21)12-34-22-20(11-30-34)31-25(27)32-23(22)29-10-17-5-3-2-4-6-17/h7-9,11,17,28H,2-6,10,12-16H2,1H3,(H3,27,29,31,32). The summed E-state index contributed by atoms with van der Waals surface area (Å²) in [5, 5.41) is 11.4. The summed E-state index contributed by atoms with van der Waals surface area (Å²) in [5.74, 6) is 2.31. The highest BCUT2D eigenvalue weighted by atomic mass is 16.5. The molecule has 4 heterocycles. The molecular formula is C26H34N8O2. The molecule has 2 aromatic heterocycles. The van der Waals surface area contributed by atoms with E-state index < -0.39 is 0 Å². The van der Waals surface area contributed by atoms with Gasteiger partial charge in [-0.3, -0.25) is 9.48 Å². The number of benzene rings is 1. The highest BCUT2D eigenvalue weighted by molar-refractivity contribution is 5.95. The molecular weight excluding hydrogens is 456 g/mol. The summed E-state index contributed by atoms with van der Waals surface area (Å²) in [6, 6.07) is 5.67. The fraction of sp³-hybridized carbons (Fsp3) is 0.538. The van der Waals surface area contributed by atoms with E-state index in [2.05, 4.69) is 25.7 Å². The van der Waals surface area contributed by atoms with Crippen LogP contribution < -0.4 is 21.1 Å². The Morgan fingerprint density at radius 1 is 1.22 bits per heavy atom. The Hall–Kier alpha value is -3.40. The molecule has 6 rings (SSSR count). The van der Waals surface area contributed by atoms with E-state index in [1.54, 1.807) is 13.3 Å². The van der Waals surface area contributed by atoms with Crippen molar-refractivity contribution in [1.82, 2.24) is 30.0 Å². The maximum absolute atomic E-state index is 13.0. The number of anilines is 2. The third-order valence-corrected chi connectivity index (χ3v) is 7.98. The fourth-order valence-electron chi connectivity index (χ4n) is 5.85. The van der Waals surface area contributed by atoms with Crippen LogP contribution in [0.1, 0.15) is 48.0 Å². The van der Waals surface area contributed by atoms with E-state index in [1.807, 2.05) is 27.8 Å². The minimum atomic E-state index is 0.0555. The molecule has 1 aromatic carbocycles. The van der Waals surface area contributed by atoms with Crippen LogP contribution in [0.15, 0.2) is 24.4 Å². The number of rotatable bonds is 7. The monoisotopic (exact) mass is 490 g/mol.